The van der Waals surface area contributed by atoms with Gasteiger partial charge in [-0.05, 0) is 0 Å². The van der Waals surface area contributed by atoms with Gasteiger partial charge < -0.3 is 0 Å². The third-order valence-corrected chi connectivity index (χ3v) is 8.26. The summed E-state index contributed by atoms with van der Waals surface area (Å²) in [4.78, 5) is 30.6. The van der Waals surface area contributed by atoms with E-state index in [1.807, 2.05) is 0 Å². The van der Waals surface area contributed by atoms with Crippen molar-refractivity contribution in [1.82, 2.24) is 0 Å². The number of unbranched alkanes of at least 4 members (excludes halogenated alkanes) is 10. The molecule has 0 saturated carbocycles. The van der Waals surface area contributed by atoms with Crippen molar-refractivity contribution in [3.05, 3.63) is 21.0 Å². The van der Waals surface area contributed by atoms with Crippen molar-refractivity contribution in [3.8, 4) is 0 Å². The van der Waals surface area contributed by atoms with Gasteiger partial charge in [-0.2, -0.15) is 0 Å². The summed E-state index contributed by atoms with van der Waals surface area (Å²) in [6.07, 6.45) is 17.7. The van der Waals surface area contributed by atoms with Crippen LogP contribution in [0.3, 0.4) is 0 Å². The molecule has 0 aliphatic carbocycles. The van der Waals surface area contributed by atoms with Crippen LogP contribution in [0.1, 0.15) is 153 Å². The third kappa shape index (κ3) is 10.7. The van der Waals surface area contributed by atoms with E-state index < -0.39 is 0 Å². The zero-order valence-electron chi connectivity index (χ0n) is 20.8. The van der Waals surface area contributed by atoms with E-state index >= 15 is 0 Å². The van der Waals surface area contributed by atoms with Gasteiger partial charge in [0.15, 0.2) is 0 Å². The zero-order valence-corrected chi connectivity index (χ0v) is 22.6. The van der Waals surface area contributed by atoms with Crippen LogP contribution in [0, 0.1) is 0 Å². The fraction of sp³-hybridized carbons (Fsp3) is 0.786. The molecular formula is C28H48O2Se. The van der Waals surface area contributed by atoms with Crippen molar-refractivity contribution < 1.29 is 9.59 Å². The van der Waals surface area contributed by atoms with Crippen LogP contribution >= 0.6 is 0 Å². The molecule has 1 rings (SSSR count). The minimum atomic E-state index is 0.00200. The molecule has 0 N–H and O–H groups in total. The first kappa shape index (κ1) is 28.4. The predicted octanol–water partition coefficient (Wildman–Crippen LogP) is 8.37. The van der Waals surface area contributed by atoms with Crippen molar-refractivity contribution in [3.63, 3.8) is 0 Å². The molecule has 0 aliphatic heterocycles. The molecule has 31 heavy (non-hydrogen) atoms. The molecule has 1 aromatic heterocycles. The number of carbonyl (C=O) groups is 2. The van der Waals surface area contributed by atoms with Gasteiger partial charge in [0.05, 0.1) is 0 Å². The fourth-order valence-corrected chi connectivity index (χ4v) is 6.65. The Morgan fingerprint density at radius 2 is 0.968 bits per heavy atom. The van der Waals surface area contributed by atoms with Gasteiger partial charge >= 0.3 is 199 Å². The summed E-state index contributed by atoms with van der Waals surface area (Å²) in [5.74, 6) is 0.793. The molecule has 0 radical (unpaired) electrons. The van der Waals surface area contributed by atoms with Crippen molar-refractivity contribution in [1.29, 1.82) is 0 Å². The van der Waals surface area contributed by atoms with Crippen molar-refractivity contribution in [2.45, 2.75) is 142 Å². The first-order chi connectivity index (χ1) is 15.1. The van der Waals surface area contributed by atoms with E-state index in [1.165, 1.54) is 75.3 Å². The molecule has 0 saturated heterocycles. The van der Waals surface area contributed by atoms with Gasteiger partial charge in [0, 0.05) is 0 Å². The van der Waals surface area contributed by atoms with Crippen molar-refractivity contribution in [2.75, 3.05) is 0 Å². The molecule has 0 spiro atoms. The number of Topliss-reactive ketones (excluding diaryl/α,β-unsaturated/α-hetero) is 2. The standard InChI is InChI=1S/C28H48O2Se/c1-5-9-11-13-15-17-19-27(29)23(7-3)25-21-31-22-26(25)24(8-4)28(30)20-18-16-14-12-10-6-2/h21-24H,5-20H2,1-4H3. The maximum atomic E-state index is 13.0. The van der Waals surface area contributed by atoms with Gasteiger partial charge in [0.2, 0.25) is 0 Å². The first-order valence-electron chi connectivity index (χ1n) is 13.2. The van der Waals surface area contributed by atoms with Crippen LogP contribution in [0.5, 0.6) is 0 Å². The summed E-state index contributed by atoms with van der Waals surface area (Å²) in [5, 5.41) is 0. The van der Waals surface area contributed by atoms with Crippen LogP contribution in [-0.4, -0.2) is 26.1 Å². The quantitative estimate of drug-likeness (QED) is 0.134. The van der Waals surface area contributed by atoms with Crippen LogP contribution in [0.2, 0.25) is 0 Å². The Bertz CT molecular complexity index is 553. The number of rotatable bonds is 20. The molecule has 178 valence electrons. The molecule has 0 amide bonds. The summed E-state index contributed by atoms with van der Waals surface area (Å²) in [5.41, 5.74) is 2.42. The van der Waals surface area contributed by atoms with E-state index in [0.717, 1.165) is 25.7 Å². The van der Waals surface area contributed by atoms with Gasteiger partial charge in [-0.15, -0.1) is 0 Å². The topological polar surface area (TPSA) is 34.1 Å². The Labute approximate surface area is 198 Å². The monoisotopic (exact) mass is 496 g/mol. The Hall–Kier alpha value is -0.661. The second-order valence-electron chi connectivity index (χ2n) is 9.17. The molecule has 0 fully saturated rings. The first-order valence-corrected chi connectivity index (χ1v) is 15.2. The number of carbonyl (C=O) groups excluding carboxylic acids is 2. The second-order valence-corrected chi connectivity index (χ2v) is 10.7. The Balaban J connectivity index is 2.64. The summed E-state index contributed by atoms with van der Waals surface area (Å²) >= 11 is 0.298. The molecule has 0 aromatic carbocycles. The van der Waals surface area contributed by atoms with Crippen LogP contribution < -0.4 is 0 Å². The molecule has 2 atom stereocenters. The van der Waals surface area contributed by atoms with Crippen LogP contribution in [0.15, 0.2) is 9.88 Å². The van der Waals surface area contributed by atoms with E-state index in [9.17, 15) is 9.59 Å². The SMILES string of the molecule is CCCCCCCCC(=O)C(CC)c1c[se]cc1C(CC)C(=O)CCCCCCCC. The molecule has 0 aliphatic rings. The number of hydrogen-bond donors (Lipinski definition) is 0. The van der Waals surface area contributed by atoms with Crippen LogP contribution in [-0.2, 0) is 9.59 Å². The average Bonchev–Trinajstić information content (AvgIpc) is 3.23. The summed E-state index contributed by atoms with van der Waals surface area (Å²) in [6, 6.07) is 0. The van der Waals surface area contributed by atoms with E-state index in [2.05, 4.69) is 37.6 Å². The number of hydrogen-bond acceptors (Lipinski definition) is 2. The molecule has 0 bridgehead atoms. The molecule has 1 aromatic rings. The molecule has 1 heterocycles. The van der Waals surface area contributed by atoms with Gasteiger partial charge in [-0.25, -0.2) is 0 Å². The molecule has 3 heteroatoms. The zero-order chi connectivity index (χ0) is 22.9. The molecule has 2 nitrogen and oxygen atoms in total. The fourth-order valence-electron chi connectivity index (χ4n) is 4.63. The van der Waals surface area contributed by atoms with Crippen LogP contribution in [0.25, 0.3) is 0 Å². The van der Waals surface area contributed by atoms with E-state index in [1.54, 1.807) is 0 Å². The molecular weight excluding hydrogens is 447 g/mol. The van der Waals surface area contributed by atoms with E-state index in [0.29, 0.717) is 38.9 Å². The maximum absolute atomic E-state index is 13.0. The van der Waals surface area contributed by atoms with Gasteiger partial charge in [0.25, 0.3) is 0 Å². The average molecular weight is 496 g/mol. The van der Waals surface area contributed by atoms with E-state index in [-0.39, 0.29) is 11.8 Å². The number of ketones is 2. The normalized spacial score (nSPS) is 13.3. The van der Waals surface area contributed by atoms with E-state index in [4.69, 9.17) is 0 Å². The summed E-state index contributed by atoms with van der Waals surface area (Å²) < 4.78 is 0. The van der Waals surface area contributed by atoms with Crippen LogP contribution in [0.4, 0.5) is 0 Å². The van der Waals surface area contributed by atoms with Gasteiger partial charge in [-0.3, -0.25) is 0 Å². The third-order valence-electron chi connectivity index (χ3n) is 6.62. The van der Waals surface area contributed by atoms with Crippen molar-refractivity contribution in [2.24, 2.45) is 0 Å². The Morgan fingerprint density at radius 3 is 1.32 bits per heavy atom. The second kappa shape index (κ2) is 17.8. The Kier molecular flexibility index (Phi) is 16.3. The minimum absolute atomic E-state index is 0.00200. The van der Waals surface area contributed by atoms with Gasteiger partial charge in [-0.1, -0.05) is 0 Å². The molecule has 2 unspecified atom stereocenters. The van der Waals surface area contributed by atoms with Gasteiger partial charge in [0.1, 0.15) is 0 Å². The summed E-state index contributed by atoms with van der Waals surface area (Å²) in [7, 11) is 0. The Morgan fingerprint density at radius 1 is 0.613 bits per heavy atom. The van der Waals surface area contributed by atoms with Crippen molar-refractivity contribution >= 4 is 26.1 Å². The summed E-state index contributed by atoms with van der Waals surface area (Å²) in [6.45, 7) is 8.73. The predicted molar refractivity (Wildman–Crippen MR) is 135 cm³/mol.